The lowest BCUT2D eigenvalue weighted by Crippen LogP contribution is -2.22. The summed E-state index contributed by atoms with van der Waals surface area (Å²) in [6.45, 7) is 5.04. The van der Waals surface area contributed by atoms with Crippen molar-refractivity contribution in [2.45, 2.75) is 25.9 Å². The third kappa shape index (κ3) is 2.26. The highest BCUT2D eigenvalue weighted by Gasteiger charge is 2.24. The van der Waals surface area contributed by atoms with E-state index in [2.05, 4.69) is 24.6 Å². The Balaban J connectivity index is 1.65. The van der Waals surface area contributed by atoms with E-state index in [-0.39, 0.29) is 0 Å². The van der Waals surface area contributed by atoms with E-state index < -0.39 is 0 Å². The Morgan fingerprint density at radius 1 is 1.28 bits per heavy atom. The fraction of sp³-hybridized carbons (Fsp3) is 0.462. The SMILES string of the molecule is Cc1nccnc1CN1CCC(n2cccn2)C1. The average Bonchev–Trinajstić information content (AvgIpc) is 3.02. The molecule has 0 radical (unpaired) electrons. The second kappa shape index (κ2) is 4.86. The van der Waals surface area contributed by atoms with Crippen molar-refractivity contribution in [1.29, 1.82) is 0 Å². The predicted molar refractivity (Wildman–Crippen MR) is 67.9 cm³/mol. The number of hydrogen-bond acceptors (Lipinski definition) is 4. The number of rotatable bonds is 3. The molecule has 2 aromatic heterocycles. The molecule has 1 atom stereocenters. The van der Waals surface area contributed by atoms with Gasteiger partial charge in [-0.1, -0.05) is 0 Å². The molecule has 5 heteroatoms. The predicted octanol–water partition coefficient (Wildman–Crippen LogP) is 1.43. The van der Waals surface area contributed by atoms with Crippen molar-refractivity contribution < 1.29 is 0 Å². The van der Waals surface area contributed by atoms with E-state index in [1.165, 1.54) is 0 Å². The first-order valence-corrected chi connectivity index (χ1v) is 6.31. The number of hydrogen-bond donors (Lipinski definition) is 0. The van der Waals surface area contributed by atoms with E-state index in [1.807, 2.05) is 25.4 Å². The first-order valence-electron chi connectivity index (χ1n) is 6.31. The second-order valence-corrected chi connectivity index (χ2v) is 4.75. The van der Waals surface area contributed by atoms with Gasteiger partial charge in [0.05, 0.1) is 17.4 Å². The van der Waals surface area contributed by atoms with Crippen LogP contribution in [0, 0.1) is 6.92 Å². The van der Waals surface area contributed by atoms with Crippen LogP contribution in [0.1, 0.15) is 23.9 Å². The third-order valence-corrected chi connectivity index (χ3v) is 3.50. The van der Waals surface area contributed by atoms with Crippen molar-refractivity contribution in [2.75, 3.05) is 13.1 Å². The summed E-state index contributed by atoms with van der Waals surface area (Å²) in [6, 6.07) is 2.48. The van der Waals surface area contributed by atoms with Gasteiger partial charge in [0.1, 0.15) is 0 Å². The molecule has 1 saturated heterocycles. The van der Waals surface area contributed by atoms with Crippen molar-refractivity contribution in [2.24, 2.45) is 0 Å². The van der Waals surface area contributed by atoms with E-state index >= 15 is 0 Å². The zero-order chi connectivity index (χ0) is 12.4. The molecule has 0 N–H and O–H groups in total. The van der Waals surface area contributed by atoms with Gasteiger partial charge in [0.15, 0.2) is 0 Å². The van der Waals surface area contributed by atoms with Gasteiger partial charge in [0, 0.05) is 44.4 Å². The molecule has 2 aromatic rings. The minimum Gasteiger partial charge on any atom is -0.295 e. The van der Waals surface area contributed by atoms with Crippen LogP contribution < -0.4 is 0 Å². The van der Waals surface area contributed by atoms with Crippen LogP contribution in [-0.2, 0) is 6.54 Å². The van der Waals surface area contributed by atoms with Crippen LogP contribution in [0.5, 0.6) is 0 Å². The van der Waals surface area contributed by atoms with Gasteiger partial charge >= 0.3 is 0 Å². The third-order valence-electron chi connectivity index (χ3n) is 3.50. The van der Waals surface area contributed by atoms with E-state index in [1.54, 1.807) is 12.4 Å². The summed E-state index contributed by atoms with van der Waals surface area (Å²) < 4.78 is 2.06. The fourth-order valence-corrected chi connectivity index (χ4v) is 2.47. The fourth-order valence-electron chi connectivity index (χ4n) is 2.47. The lowest BCUT2D eigenvalue weighted by molar-refractivity contribution is 0.307. The first-order chi connectivity index (χ1) is 8.83. The molecule has 0 aliphatic carbocycles. The molecule has 18 heavy (non-hydrogen) atoms. The highest BCUT2D eigenvalue weighted by molar-refractivity contribution is 5.08. The lowest BCUT2D eigenvalue weighted by Gasteiger charge is -2.16. The molecule has 3 rings (SSSR count). The zero-order valence-corrected chi connectivity index (χ0v) is 10.5. The topological polar surface area (TPSA) is 46.8 Å². The lowest BCUT2D eigenvalue weighted by atomic mass is 10.3. The Morgan fingerprint density at radius 3 is 2.94 bits per heavy atom. The largest absolute Gasteiger partial charge is 0.295 e. The molecule has 0 saturated carbocycles. The van der Waals surface area contributed by atoms with Crippen molar-refractivity contribution in [3.05, 3.63) is 42.2 Å². The number of nitrogens with zero attached hydrogens (tertiary/aromatic N) is 5. The Hall–Kier alpha value is -1.75. The summed E-state index contributed by atoms with van der Waals surface area (Å²) in [5.41, 5.74) is 2.11. The molecular formula is C13H17N5. The monoisotopic (exact) mass is 243 g/mol. The Labute approximate surface area is 106 Å². The van der Waals surface area contributed by atoms with Gasteiger partial charge in [0.25, 0.3) is 0 Å². The van der Waals surface area contributed by atoms with Crippen molar-refractivity contribution in [3.63, 3.8) is 0 Å². The van der Waals surface area contributed by atoms with Crippen LogP contribution in [0.15, 0.2) is 30.9 Å². The molecule has 0 aromatic carbocycles. The summed E-state index contributed by atoms with van der Waals surface area (Å²) in [4.78, 5) is 11.1. The molecule has 5 nitrogen and oxygen atoms in total. The van der Waals surface area contributed by atoms with Gasteiger partial charge in [0.2, 0.25) is 0 Å². The van der Waals surface area contributed by atoms with Crippen LogP contribution in [0.2, 0.25) is 0 Å². The Bertz CT molecular complexity index is 508. The quantitative estimate of drug-likeness (QED) is 0.818. The summed E-state index contributed by atoms with van der Waals surface area (Å²) in [7, 11) is 0. The van der Waals surface area contributed by atoms with Crippen molar-refractivity contribution in [1.82, 2.24) is 24.6 Å². The molecule has 1 aliphatic rings. The van der Waals surface area contributed by atoms with E-state index in [0.29, 0.717) is 6.04 Å². The molecule has 94 valence electrons. The van der Waals surface area contributed by atoms with Crippen LogP contribution in [0.3, 0.4) is 0 Å². The van der Waals surface area contributed by atoms with E-state index in [4.69, 9.17) is 0 Å². The standard InChI is InChI=1S/C13H17N5/c1-11-13(15-6-5-14-11)10-17-8-3-12(9-17)18-7-2-4-16-18/h2,4-7,12H,3,8-10H2,1H3. The molecule has 0 amide bonds. The van der Waals surface area contributed by atoms with Gasteiger partial charge in [-0.05, 0) is 19.4 Å². The second-order valence-electron chi connectivity index (χ2n) is 4.75. The number of aromatic nitrogens is 4. The Morgan fingerprint density at radius 2 is 2.17 bits per heavy atom. The Kier molecular flexibility index (Phi) is 3.06. The van der Waals surface area contributed by atoms with Crippen molar-refractivity contribution >= 4 is 0 Å². The molecule has 1 aliphatic heterocycles. The maximum Gasteiger partial charge on any atom is 0.0756 e. The van der Waals surface area contributed by atoms with Gasteiger partial charge < -0.3 is 0 Å². The average molecular weight is 243 g/mol. The normalized spacial score (nSPS) is 20.4. The minimum atomic E-state index is 0.497. The van der Waals surface area contributed by atoms with Crippen LogP contribution in [0.25, 0.3) is 0 Å². The minimum absolute atomic E-state index is 0.497. The maximum absolute atomic E-state index is 4.40. The van der Waals surface area contributed by atoms with Gasteiger partial charge in [-0.3, -0.25) is 19.5 Å². The molecular weight excluding hydrogens is 226 g/mol. The highest BCUT2D eigenvalue weighted by atomic mass is 15.3. The summed E-state index contributed by atoms with van der Waals surface area (Å²) in [6.07, 6.45) is 8.55. The van der Waals surface area contributed by atoms with E-state index in [9.17, 15) is 0 Å². The van der Waals surface area contributed by atoms with Crippen LogP contribution in [0.4, 0.5) is 0 Å². The van der Waals surface area contributed by atoms with E-state index in [0.717, 1.165) is 37.4 Å². The smallest absolute Gasteiger partial charge is 0.0756 e. The molecule has 1 unspecified atom stereocenters. The van der Waals surface area contributed by atoms with Crippen LogP contribution >= 0.6 is 0 Å². The van der Waals surface area contributed by atoms with Gasteiger partial charge in [-0.2, -0.15) is 5.10 Å². The van der Waals surface area contributed by atoms with Gasteiger partial charge in [-0.25, -0.2) is 0 Å². The first kappa shape index (κ1) is 11.3. The van der Waals surface area contributed by atoms with Crippen molar-refractivity contribution in [3.8, 4) is 0 Å². The number of likely N-dealkylation sites (tertiary alicyclic amines) is 1. The molecule has 0 bridgehead atoms. The molecule has 0 spiro atoms. The molecule has 1 fully saturated rings. The summed E-state index contributed by atoms with van der Waals surface area (Å²) in [5, 5.41) is 4.32. The van der Waals surface area contributed by atoms with Gasteiger partial charge in [-0.15, -0.1) is 0 Å². The number of aryl methyl sites for hydroxylation is 1. The zero-order valence-electron chi connectivity index (χ0n) is 10.5. The molecule has 3 heterocycles. The summed E-state index contributed by atoms with van der Waals surface area (Å²) in [5.74, 6) is 0. The summed E-state index contributed by atoms with van der Waals surface area (Å²) >= 11 is 0. The van der Waals surface area contributed by atoms with Crippen LogP contribution in [-0.4, -0.2) is 37.7 Å². The maximum atomic E-state index is 4.40. The highest BCUT2D eigenvalue weighted by Crippen LogP contribution is 2.22.